The fourth-order valence-corrected chi connectivity index (χ4v) is 5.64. The maximum Gasteiger partial charge on any atom is 0.161 e. The van der Waals surface area contributed by atoms with Gasteiger partial charge in [0.05, 0.1) is 41.2 Å². The van der Waals surface area contributed by atoms with Crippen molar-refractivity contribution in [3.63, 3.8) is 0 Å². The Kier molecular flexibility index (Phi) is 4.85. The number of aromatic nitrogens is 4. The molecule has 0 spiro atoms. The van der Waals surface area contributed by atoms with Gasteiger partial charge in [-0.2, -0.15) is 5.10 Å². The van der Waals surface area contributed by atoms with Crippen LogP contribution in [0.2, 0.25) is 0 Å². The van der Waals surface area contributed by atoms with E-state index in [2.05, 4.69) is 10.1 Å². The van der Waals surface area contributed by atoms with Crippen LogP contribution in [0.1, 0.15) is 30.8 Å². The molecule has 8 nitrogen and oxygen atoms in total. The van der Waals surface area contributed by atoms with Crippen LogP contribution in [-0.4, -0.2) is 51.0 Å². The van der Waals surface area contributed by atoms with Crippen LogP contribution in [0.4, 0.5) is 0 Å². The largest absolute Gasteiger partial charge is 0.504 e. The van der Waals surface area contributed by atoms with Gasteiger partial charge in [0.25, 0.3) is 0 Å². The average Bonchev–Trinajstić information content (AvgIpc) is 3.35. The van der Waals surface area contributed by atoms with E-state index in [9.17, 15) is 13.5 Å². The third-order valence-electron chi connectivity index (χ3n) is 5.24. The van der Waals surface area contributed by atoms with Gasteiger partial charge in [-0.3, -0.25) is 9.25 Å². The monoisotopic (exact) mass is 416 g/mol. The number of hydrogen-bond acceptors (Lipinski definition) is 6. The molecule has 3 heterocycles. The Morgan fingerprint density at radius 3 is 2.79 bits per heavy atom. The number of phenolic OH excluding ortho intramolecular Hbond substituents is 1. The lowest BCUT2D eigenvalue weighted by molar-refractivity contribution is 0.318. The van der Waals surface area contributed by atoms with Crippen LogP contribution in [-0.2, 0) is 9.84 Å². The Balaban J connectivity index is 1.77. The summed E-state index contributed by atoms with van der Waals surface area (Å²) in [6, 6.07) is 5.00. The number of benzene rings is 1. The van der Waals surface area contributed by atoms with E-state index < -0.39 is 9.84 Å². The second-order valence-electron chi connectivity index (χ2n) is 7.26. The van der Waals surface area contributed by atoms with Crippen molar-refractivity contribution in [3.8, 4) is 28.6 Å². The van der Waals surface area contributed by atoms with Crippen molar-refractivity contribution in [2.45, 2.75) is 33.2 Å². The van der Waals surface area contributed by atoms with Crippen LogP contribution in [0.15, 0.2) is 30.6 Å². The molecule has 2 aromatic heterocycles. The van der Waals surface area contributed by atoms with Gasteiger partial charge in [0.2, 0.25) is 0 Å². The number of imidazole rings is 1. The third-order valence-corrected chi connectivity index (χ3v) is 6.99. The molecule has 154 valence electrons. The lowest BCUT2D eigenvalue weighted by atomic mass is 10.1. The molecule has 0 radical (unpaired) electrons. The van der Waals surface area contributed by atoms with Crippen molar-refractivity contribution in [2.24, 2.45) is 0 Å². The summed E-state index contributed by atoms with van der Waals surface area (Å²) in [6.45, 7) is 6.17. The zero-order valence-corrected chi connectivity index (χ0v) is 17.5. The molecule has 1 saturated heterocycles. The molecular formula is C20H24N4O4S. The van der Waals surface area contributed by atoms with E-state index in [4.69, 9.17) is 4.74 Å². The molecule has 1 aliphatic rings. The molecule has 1 N–H and O–H groups in total. The SMILES string of the molecule is CCOc1cc(-c2nccn2-c2c(C)nn(C3CCS(=O)(=O)C3)c2C)ccc1O. The molecule has 0 aliphatic carbocycles. The first-order chi connectivity index (χ1) is 13.8. The molecule has 9 heteroatoms. The molecule has 0 amide bonds. The molecule has 0 saturated carbocycles. The van der Waals surface area contributed by atoms with Crippen molar-refractivity contribution < 1.29 is 18.3 Å². The fraction of sp³-hybridized carbons (Fsp3) is 0.400. The van der Waals surface area contributed by atoms with Crippen LogP contribution in [0.3, 0.4) is 0 Å². The van der Waals surface area contributed by atoms with Crippen molar-refractivity contribution in [2.75, 3.05) is 18.1 Å². The van der Waals surface area contributed by atoms with Gasteiger partial charge in [0, 0.05) is 18.0 Å². The van der Waals surface area contributed by atoms with Gasteiger partial charge >= 0.3 is 0 Å². The minimum atomic E-state index is -3.00. The minimum absolute atomic E-state index is 0.0799. The second-order valence-corrected chi connectivity index (χ2v) is 9.49. The van der Waals surface area contributed by atoms with Crippen molar-refractivity contribution in [3.05, 3.63) is 42.0 Å². The number of nitrogens with zero attached hydrogens (tertiary/aromatic N) is 4. The Hall–Kier alpha value is -2.81. The normalized spacial score (nSPS) is 18.2. The van der Waals surface area contributed by atoms with E-state index in [1.54, 1.807) is 24.4 Å². The van der Waals surface area contributed by atoms with Crippen molar-refractivity contribution >= 4 is 9.84 Å². The smallest absolute Gasteiger partial charge is 0.161 e. The molecule has 1 aromatic carbocycles. The number of phenols is 1. The summed E-state index contributed by atoms with van der Waals surface area (Å²) in [5.74, 6) is 1.50. The van der Waals surface area contributed by atoms with Gasteiger partial charge < -0.3 is 9.84 Å². The predicted octanol–water partition coefficient (Wildman–Crippen LogP) is 2.82. The van der Waals surface area contributed by atoms with E-state index in [1.165, 1.54) is 0 Å². The van der Waals surface area contributed by atoms with Gasteiger partial charge in [0.15, 0.2) is 21.3 Å². The summed E-state index contributed by atoms with van der Waals surface area (Å²) in [7, 11) is -3.00. The highest BCUT2D eigenvalue weighted by Gasteiger charge is 2.32. The van der Waals surface area contributed by atoms with E-state index in [1.807, 2.05) is 36.2 Å². The summed E-state index contributed by atoms with van der Waals surface area (Å²) < 4.78 is 33.1. The summed E-state index contributed by atoms with van der Waals surface area (Å²) >= 11 is 0. The summed E-state index contributed by atoms with van der Waals surface area (Å²) in [6.07, 6.45) is 4.14. The molecule has 1 aliphatic heterocycles. The van der Waals surface area contributed by atoms with E-state index >= 15 is 0 Å². The Morgan fingerprint density at radius 1 is 1.31 bits per heavy atom. The molecule has 4 rings (SSSR count). The van der Waals surface area contributed by atoms with E-state index in [-0.39, 0.29) is 23.3 Å². The lowest BCUT2D eigenvalue weighted by Crippen LogP contribution is -2.14. The molecule has 1 fully saturated rings. The average molecular weight is 417 g/mol. The van der Waals surface area contributed by atoms with Crippen LogP contribution < -0.4 is 4.74 Å². The highest BCUT2D eigenvalue weighted by Crippen LogP contribution is 2.34. The highest BCUT2D eigenvalue weighted by atomic mass is 32.2. The Morgan fingerprint density at radius 2 is 2.10 bits per heavy atom. The number of ether oxygens (including phenoxy) is 1. The van der Waals surface area contributed by atoms with Crippen LogP contribution in [0.25, 0.3) is 17.1 Å². The van der Waals surface area contributed by atoms with Gasteiger partial charge in [-0.15, -0.1) is 0 Å². The summed E-state index contributed by atoms with van der Waals surface area (Å²) in [5, 5.41) is 14.6. The molecular weight excluding hydrogens is 392 g/mol. The summed E-state index contributed by atoms with van der Waals surface area (Å²) in [4.78, 5) is 4.50. The summed E-state index contributed by atoms with van der Waals surface area (Å²) in [5.41, 5.74) is 3.38. The topological polar surface area (TPSA) is 99.2 Å². The first-order valence-corrected chi connectivity index (χ1v) is 11.4. The Bertz CT molecular complexity index is 1160. The minimum Gasteiger partial charge on any atom is -0.504 e. The van der Waals surface area contributed by atoms with E-state index in [0.717, 1.165) is 22.6 Å². The van der Waals surface area contributed by atoms with Gasteiger partial charge in [0.1, 0.15) is 5.82 Å². The zero-order chi connectivity index (χ0) is 20.8. The molecule has 3 aromatic rings. The quantitative estimate of drug-likeness (QED) is 0.687. The number of hydrogen-bond donors (Lipinski definition) is 1. The standard InChI is InChI=1S/C20H24N4O4S/c1-4-28-18-11-15(5-6-17(18)25)20-21-8-9-23(20)19-13(2)22-24(14(19)3)16-7-10-29(26,27)12-16/h5-6,8-9,11,16,25H,4,7,10,12H2,1-3H3. The van der Waals surface area contributed by atoms with Crippen molar-refractivity contribution in [1.82, 2.24) is 19.3 Å². The number of aromatic hydroxyl groups is 1. The third kappa shape index (κ3) is 3.50. The second kappa shape index (κ2) is 7.22. The first kappa shape index (κ1) is 19.5. The first-order valence-electron chi connectivity index (χ1n) is 9.56. The molecule has 0 bridgehead atoms. The lowest BCUT2D eigenvalue weighted by Gasteiger charge is -2.13. The maximum absolute atomic E-state index is 11.9. The molecule has 1 unspecified atom stereocenters. The van der Waals surface area contributed by atoms with Gasteiger partial charge in [-0.05, 0) is 45.4 Å². The van der Waals surface area contributed by atoms with Crippen LogP contribution >= 0.6 is 0 Å². The fourth-order valence-electron chi connectivity index (χ4n) is 3.95. The number of rotatable bonds is 5. The number of aryl methyl sites for hydroxylation is 1. The van der Waals surface area contributed by atoms with Gasteiger partial charge in [-0.1, -0.05) is 0 Å². The van der Waals surface area contributed by atoms with Crippen LogP contribution in [0.5, 0.6) is 11.5 Å². The molecule has 1 atom stereocenters. The van der Waals surface area contributed by atoms with E-state index in [0.29, 0.717) is 24.6 Å². The predicted molar refractivity (Wildman–Crippen MR) is 109 cm³/mol. The van der Waals surface area contributed by atoms with Crippen LogP contribution in [0, 0.1) is 13.8 Å². The van der Waals surface area contributed by atoms with Crippen molar-refractivity contribution in [1.29, 1.82) is 0 Å². The van der Waals surface area contributed by atoms with Gasteiger partial charge in [-0.25, -0.2) is 13.4 Å². The highest BCUT2D eigenvalue weighted by molar-refractivity contribution is 7.91. The number of sulfone groups is 1. The molecule has 29 heavy (non-hydrogen) atoms. The Labute approximate surface area is 169 Å². The maximum atomic E-state index is 11.9. The zero-order valence-electron chi connectivity index (χ0n) is 16.7.